The van der Waals surface area contributed by atoms with Gasteiger partial charge in [0.1, 0.15) is 11.6 Å². The van der Waals surface area contributed by atoms with Crippen molar-refractivity contribution >= 4 is 5.97 Å². The van der Waals surface area contributed by atoms with E-state index in [1.54, 1.807) is 0 Å². The average molecular weight is 213 g/mol. The van der Waals surface area contributed by atoms with E-state index in [1.165, 1.54) is 0 Å². The van der Waals surface area contributed by atoms with Crippen molar-refractivity contribution in [2.24, 2.45) is 5.92 Å². The monoisotopic (exact) mass is 213 g/mol. The Morgan fingerprint density at radius 1 is 1.33 bits per heavy atom. The fourth-order valence-corrected chi connectivity index (χ4v) is 1.86. The molecule has 1 heterocycles. The molecule has 0 radical (unpaired) electrons. The fourth-order valence-electron chi connectivity index (χ4n) is 1.86. The molecule has 0 aliphatic carbocycles. The second-order valence-corrected chi connectivity index (χ2v) is 5.68. The maximum absolute atomic E-state index is 11.7. The standard InChI is InChI=1S/C12H23NO2/c1-8(2)9-6-7-10(13-9)11(14)15-12(3,4)5/h8-10,13H,6-7H2,1-5H3/t9-,10?/m1/s1. The van der Waals surface area contributed by atoms with Crippen molar-refractivity contribution in [2.75, 3.05) is 0 Å². The van der Waals surface area contributed by atoms with Crippen LogP contribution in [0.15, 0.2) is 0 Å². The molecule has 0 saturated carbocycles. The highest BCUT2D eigenvalue weighted by molar-refractivity contribution is 5.76. The molecule has 3 nitrogen and oxygen atoms in total. The van der Waals surface area contributed by atoms with E-state index in [0.29, 0.717) is 12.0 Å². The zero-order valence-corrected chi connectivity index (χ0v) is 10.5. The van der Waals surface area contributed by atoms with Gasteiger partial charge < -0.3 is 10.1 Å². The third-order valence-electron chi connectivity index (χ3n) is 2.68. The Labute approximate surface area is 92.6 Å². The molecule has 88 valence electrons. The van der Waals surface area contributed by atoms with Crippen LogP contribution in [0.25, 0.3) is 0 Å². The molecule has 0 bridgehead atoms. The van der Waals surface area contributed by atoms with Crippen LogP contribution in [0.4, 0.5) is 0 Å². The van der Waals surface area contributed by atoms with Crippen LogP contribution < -0.4 is 5.32 Å². The Kier molecular flexibility index (Phi) is 3.77. The van der Waals surface area contributed by atoms with E-state index in [1.807, 2.05) is 20.8 Å². The molecule has 0 aromatic rings. The summed E-state index contributed by atoms with van der Waals surface area (Å²) in [5.41, 5.74) is -0.380. The lowest BCUT2D eigenvalue weighted by atomic mass is 10.0. The Morgan fingerprint density at radius 2 is 1.93 bits per heavy atom. The first-order chi connectivity index (χ1) is 6.79. The lowest BCUT2D eigenvalue weighted by Crippen LogP contribution is -2.41. The summed E-state index contributed by atoms with van der Waals surface area (Å²) in [6.45, 7) is 10.1. The number of hydrogen-bond acceptors (Lipinski definition) is 3. The van der Waals surface area contributed by atoms with Crippen LogP contribution in [-0.2, 0) is 9.53 Å². The zero-order chi connectivity index (χ0) is 11.6. The van der Waals surface area contributed by atoms with Crippen molar-refractivity contribution < 1.29 is 9.53 Å². The van der Waals surface area contributed by atoms with Crippen molar-refractivity contribution in [3.63, 3.8) is 0 Å². The van der Waals surface area contributed by atoms with Gasteiger partial charge in [-0.2, -0.15) is 0 Å². The smallest absolute Gasteiger partial charge is 0.323 e. The summed E-state index contributed by atoms with van der Waals surface area (Å²) in [5.74, 6) is 0.475. The Morgan fingerprint density at radius 3 is 2.33 bits per heavy atom. The highest BCUT2D eigenvalue weighted by Gasteiger charge is 2.33. The van der Waals surface area contributed by atoms with E-state index < -0.39 is 0 Å². The molecule has 0 spiro atoms. The molecule has 0 aromatic carbocycles. The third kappa shape index (κ3) is 3.82. The van der Waals surface area contributed by atoms with Gasteiger partial charge in [0.25, 0.3) is 0 Å². The van der Waals surface area contributed by atoms with Gasteiger partial charge in [-0.3, -0.25) is 4.79 Å². The molecule has 0 aromatic heterocycles. The molecule has 2 atom stereocenters. The van der Waals surface area contributed by atoms with Crippen LogP contribution in [0.5, 0.6) is 0 Å². The third-order valence-corrected chi connectivity index (χ3v) is 2.68. The first kappa shape index (κ1) is 12.5. The molecular formula is C12H23NO2. The number of hydrogen-bond donors (Lipinski definition) is 1. The number of rotatable bonds is 2. The molecule has 0 amide bonds. The van der Waals surface area contributed by atoms with E-state index >= 15 is 0 Å². The minimum absolute atomic E-state index is 0.100. The number of ether oxygens (including phenoxy) is 1. The first-order valence-corrected chi connectivity index (χ1v) is 5.78. The van der Waals surface area contributed by atoms with Gasteiger partial charge in [-0.05, 0) is 39.5 Å². The van der Waals surface area contributed by atoms with Crippen molar-refractivity contribution in [1.29, 1.82) is 0 Å². The molecule has 1 fully saturated rings. The van der Waals surface area contributed by atoms with Gasteiger partial charge in [-0.25, -0.2) is 0 Å². The summed E-state index contributed by atoms with van der Waals surface area (Å²) in [6, 6.07) is 0.360. The van der Waals surface area contributed by atoms with Gasteiger partial charge in [-0.15, -0.1) is 0 Å². The second-order valence-electron chi connectivity index (χ2n) is 5.68. The fraction of sp³-hybridized carbons (Fsp3) is 0.917. The van der Waals surface area contributed by atoms with E-state index in [2.05, 4.69) is 19.2 Å². The molecule has 1 aliphatic rings. The van der Waals surface area contributed by atoms with Crippen LogP contribution in [0.3, 0.4) is 0 Å². The molecule has 1 N–H and O–H groups in total. The van der Waals surface area contributed by atoms with Crippen LogP contribution in [0.2, 0.25) is 0 Å². The lowest BCUT2D eigenvalue weighted by molar-refractivity contribution is -0.157. The maximum Gasteiger partial charge on any atom is 0.323 e. The number of carbonyl (C=O) groups is 1. The molecule has 1 unspecified atom stereocenters. The Hall–Kier alpha value is -0.570. The number of nitrogens with one attached hydrogen (secondary N) is 1. The van der Waals surface area contributed by atoms with Crippen molar-refractivity contribution in [1.82, 2.24) is 5.32 Å². The summed E-state index contributed by atoms with van der Waals surface area (Å²) >= 11 is 0. The normalized spacial score (nSPS) is 27.1. The van der Waals surface area contributed by atoms with E-state index in [9.17, 15) is 4.79 Å². The molecule has 1 rings (SSSR count). The summed E-state index contributed by atoms with van der Waals surface area (Å²) in [6.07, 6.45) is 1.97. The van der Waals surface area contributed by atoms with Gasteiger partial charge in [0.15, 0.2) is 0 Å². The van der Waals surface area contributed by atoms with Gasteiger partial charge in [0.05, 0.1) is 0 Å². The summed E-state index contributed by atoms with van der Waals surface area (Å²) < 4.78 is 5.35. The first-order valence-electron chi connectivity index (χ1n) is 5.78. The number of esters is 1. The minimum atomic E-state index is -0.380. The minimum Gasteiger partial charge on any atom is -0.459 e. The highest BCUT2D eigenvalue weighted by Crippen LogP contribution is 2.21. The van der Waals surface area contributed by atoms with Gasteiger partial charge in [0, 0.05) is 6.04 Å². The maximum atomic E-state index is 11.7. The van der Waals surface area contributed by atoms with Crippen LogP contribution in [0.1, 0.15) is 47.5 Å². The SMILES string of the molecule is CC(C)[C@H]1CCC(C(=O)OC(C)(C)C)N1. The molecule has 3 heteroatoms. The largest absolute Gasteiger partial charge is 0.459 e. The van der Waals surface area contributed by atoms with Crippen molar-refractivity contribution in [2.45, 2.75) is 65.1 Å². The summed E-state index contributed by atoms with van der Waals surface area (Å²) in [5, 5.41) is 3.34. The Bertz CT molecular complexity index is 230. The van der Waals surface area contributed by atoms with Gasteiger partial charge >= 0.3 is 5.97 Å². The highest BCUT2D eigenvalue weighted by atomic mass is 16.6. The van der Waals surface area contributed by atoms with Crippen LogP contribution in [-0.4, -0.2) is 23.7 Å². The molecule has 1 aliphatic heterocycles. The quantitative estimate of drug-likeness (QED) is 0.714. The van der Waals surface area contributed by atoms with Crippen molar-refractivity contribution in [3.8, 4) is 0 Å². The van der Waals surface area contributed by atoms with E-state index in [-0.39, 0.29) is 17.6 Å². The predicted molar refractivity (Wildman–Crippen MR) is 60.6 cm³/mol. The number of carbonyl (C=O) groups excluding carboxylic acids is 1. The van der Waals surface area contributed by atoms with E-state index in [0.717, 1.165) is 12.8 Å². The summed E-state index contributed by atoms with van der Waals surface area (Å²) in [4.78, 5) is 11.7. The average Bonchev–Trinajstić information content (AvgIpc) is 2.47. The molecule has 15 heavy (non-hydrogen) atoms. The summed E-state index contributed by atoms with van der Waals surface area (Å²) in [7, 11) is 0. The van der Waals surface area contributed by atoms with Gasteiger partial charge in [-0.1, -0.05) is 13.8 Å². The Balaban J connectivity index is 2.44. The van der Waals surface area contributed by atoms with Crippen LogP contribution >= 0.6 is 0 Å². The second kappa shape index (κ2) is 4.52. The van der Waals surface area contributed by atoms with Crippen LogP contribution in [0, 0.1) is 5.92 Å². The molecular weight excluding hydrogens is 190 g/mol. The van der Waals surface area contributed by atoms with Crippen molar-refractivity contribution in [3.05, 3.63) is 0 Å². The molecule has 1 saturated heterocycles. The lowest BCUT2D eigenvalue weighted by Gasteiger charge is -2.23. The predicted octanol–water partition coefficient (Wildman–Crippen LogP) is 2.10. The zero-order valence-electron chi connectivity index (χ0n) is 10.5. The van der Waals surface area contributed by atoms with Gasteiger partial charge in [0.2, 0.25) is 0 Å². The topological polar surface area (TPSA) is 38.3 Å². The van der Waals surface area contributed by atoms with E-state index in [4.69, 9.17) is 4.74 Å².